The van der Waals surface area contributed by atoms with Gasteiger partial charge in [-0.25, -0.2) is 0 Å². The summed E-state index contributed by atoms with van der Waals surface area (Å²) in [6, 6.07) is 4.59. The van der Waals surface area contributed by atoms with Crippen LogP contribution in [0.15, 0.2) is 18.2 Å². The number of nitro benzene ring substituents is 1. The van der Waals surface area contributed by atoms with E-state index in [1.165, 1.54) is 12.1 Å². The van der Waals surface area contributed by atoms with Crippen molar-refractivity contribution in [1.82, 2.24) is 10.2 Å². The Bertz CT molecular complexity index is 396. The molecule has 0 bridgehead atoms. The van der Waals surface area contributed by atoms with Crippen LogP contribution in [0.5, 0.6) is 0 Å². The van der Waals surface area contributed by atoms with Gasteiger partial charge >= 0.3 is 0 Å². The van der Waals surface area contributed by atoms with Crippen molar-refractivity contribution in [2.75, 3.05) is 27.2 Å². The number of halogens is 1. The Balaban J connectivity index is 2.62. The number of likely N-dealkylation sites (N-methyl/N-ethyl adjacent to an activating group) is 1. The summed E-state index contributed by atoms with van der Waals surface area (Å²) in [7, 11) is 3.95. The van der Waals surface area contributed by atoms with Crippen molar-refractivity contribution >= 4 is 17.3 Å². The molecule has 0 aliphatic heterocycles. The lowest BCUT2D eigenvalue weighted by molar-refractivity contribution is -0.385. The number of hydrogen-bond donors (Lipinski definition) is 1. The summed E-state index contributed by atoms with van der Waals surface area (Å²) in [5, 5.41) is 14.5. The monoisotopic (exact) mass is 257 g/mol. The predicted molar refractivity (Wildman–Crippen MR) is 68.4 cm³/mol. The average molecular weight is 258 g/mol. The SMILES string of the molecule is CN(C)CCNCc1cc(Cl)ccc1[N+](=O)[O-]. The van der Waals surface area contributed by atoms with Crippen LogP contribution in [0, 0.1) is 10.1 Å². The van der Waals surface area contributed by atoms with E-state index < -0.39 is 0 Å². The molecule has 0 spiro atoms. The fourth-order valence-electron chi connectivity index (χ4n) is 1.40. The van der Waals surface area contributed by atoms with Gasteiger partial charge in [-0.15, -0.1) is 0 Å². The van der Waals surface area contributed by atoms with E-state index in [2.05, 4.69) is 5.32 Å². The molecular formula is C11H16ClN3O2. The third-order valence-corrected chi connectivity index (χ3v) is 2.52. The number of benzene rings is 1. The van der Waals surface area contributed by atoms with Gasteiger partial charge in [-0.05, 0) is 26.2 Å². The summed E-state index contributed by atoms with van der Waals surface area (Å²) < 4.78 is 0. The van der Waals surface area contributed by atoms with Crippen molar-refractivity contribution in [2.45, 2.75) is 6.54 Å². The minimum atomic E-state index is -0.390. The predicted octanol–water partition coefficient (Wildman–Crippen LogP) is 1.90. The Hall–Kier alpha value is -1.17. The largest absolute Gasteiger partial charge is 0.311 e. The molecule has 1 aromatic carbocycles. The van der Waals surface area contributed by atoms with E-state index in [9.17, 15) is 10.1 Å². The van der Waals surface area contributed by atoms with Crippen molar-refractivity contribution in [2.24, 2.45) is 0 Å². The summed E-state index contributed by atoms with van der Waals surface area (Å²) in [5.41, 5.74) is 0.716. The second-order valence-corrected chi connectivity index (χ2v) is 4.45. The van der Waals surface area contributed by atoms with Gasteiger partial charge in [0.05, 0.1) is 4.92 Å². The van der Waals surface area contributed by atoms with E-state index >= 15 is 0 Å². The Morgan fingerprint density at radius 1 is 1.47 bits per heavy atom. The van der Waals surface area contributed by atoms with Crippen LogP contribution in [-0.4, -0.2) is 37.0 Å². The third-order valence-electron chi connectivity index (χ3n) is 2.29. The molecule has 6 heteroatoms. The summed E-state index contributed by atoms with van der Waals surface area (Å²) in [6.45, 7) is 2.11. The second kappa shape index (κ2) is 6.54. The van der Waals surface area contributed by atoms with Crippen LogP contribution in [0.2, 0.25) is 5.02 Å². The van der Waals surface area contributed by atoms with Crippen LogP contribution in [0.25, 0.3) is 0 Å². The molecule has 5 nitrogen and oxygen atoms in total. The normalized spacial score (nSPS) is 10.8. The van der Waals surface area contributed by atoms with Crippen LogP contribution in [0.3, 0.4) is 0 Å². The van der Waals surface area contributed by atoms with Gasteiger partial charge in [0.15, 0.2) is 0 Å². The molecule has 0 unspecified atom stereocenters. The molecule has 0 aliphatic carbocycles. The summed E-state index contributed by atoms with van der Waals surface area (Å²) >= 11 is 5.83. The molecule has 0 amide bonds. The first-order valence-corrected chi connectivity index (χ1v) is 5.67. The van der Waals surface area contributed by atoms with Gasteiger partial charge in [-0.1, -0.05) is 11.6 Å². The highest BCUT2D eigenvalue weighted by Gasteiger charge is 2.13. The average Bonchev–Trinajstić information content (AvgIpc) is 2.23. The van der Waals surface area contributed by atoms with Gasteiger partial charge in [0, 0.05) is 36.3 Å². The molecule has 1 rings (SSSR count). The van der Waals surface area contributed by atoms with E-state index in [1.54, 1.807) is 6.07 Å². The molecule has 0 radical (unpaired) electrons. The van der Waals surface area contributed by atoms with Crippen molar-refractivity contribution < 1.29 is 4.92 Å². The van der Waals surface area contributed by atoms with Crippen LogP contribution < -0.4 is 5.32 Å². The lowest BCUT2D eigenvalue weighted by Crippen LogP contribution is -2.26. The van der Waals surface area contributed by atoms with Gasteiger partial charge in [0.1, 0.15) is 0 Å². The van der Waals surface area contributed by atoms with E-state index in [4.69, 9.17) is 11.6 Å². The molecule has 17 heavy (non-hydrogen) atoms. The standard InChI is InChI=1S/C11H16ClN3O2/c1-14(2)6-5-13-8-9-7-10(12)3-4-11(9)15(16)17/h3-4,7,13H,5-6,8H2,1-2H3. The minimum absolute atomic E-state index is 0.103. The zero-order valence-electron chi connectivity index (χ0n) is 9.94. The second-order valence-electron chi connectivity index (χ2n) is 4.01. The minimum Gasteiger partial charge on any atom is -0.311 e. The molecule has 1 N–H and O–H groups in total. The van der Waals surface area contributed by atoms with Crippen LogP contribution in [0.1, 0.15) is 5.56 Å². The van der Waals surface area contributed by atoms with Gasteiger partial charge in [-0.2, -0.15) is 0 Å². The third kappa shape index (κ3) is 4.68. The fourth-order valence-corrected chi connectivity index (χ4v) is 1.59. The number of nitrogens with one attached hydrogen (secondary N) is 1. The molecule has 0 aliphatic rings. The maximum absolute atomic E-state index is 10.8. The van der Waals surface area contributed by atoms with E-state index in [0.717, 1.165) is 13.1 Å². The smallest absolute Gasteiger partial charge is 0.273 e. The van der Waals surface area contributed by atoms with Crippen molar-refractivity contribution in [3.8, 4) is 0 Å². The summed E-state index contributed by atoms with van der Waals surface area (Å²) in [4.78, 5) is 12.5. The van der Waals surface area contributed by atoms with Crippen molar-refractivity contribution in [1.29, 1.82) is 0 Å². The Morgan fingerprint density at radius 3 is 2.76 bits per heavy atom. The highest BCUT2D eigenvalue weighted by atomic mass is 35.5. The topological polar surface area (TPSA) is 58.4 Å². The Morgan fingerprint density at radius 2 is 2.18 bits per heavy atom. The summed E-state index contributed by atoms with van der Waals surface area (Å²) in [5.74, 6) is 0. The van der Waals surface area contributed by atoms with Crippen LogP contribution >= 0.6 is 11.6 Å². The zero-order chi connectivity index (χ0) is 12.8. The fraction of sp³-hybridized carbons (Fsp3) is 0.455. The molecule has 0 heterocycles. The highest BCUT2D eigenvalue weighted by molar-refractivity contribution is 6.30. The first kappa shape index (κ1) is 13.9. The Labute approximate surface area is 106 Å². The first-order valence-electron chi connectivity index (χ1n) is 5.29. The van der Waals surface area contributed by atoms with E-state index in [1.807, 2.05) is 19.0 Å². The molecule has 0 saturated heterocycles. The quantitative estimate of drug-likeness (QED) is 0.480. The number of hydrogen-bond acceptors (Lipinski definition) is 4. The van der Waals surface area contributed by atoms with E-state index in [-0.39, 0.29) is 10.6 Å². The number of rotatable bonds is 6. The zero-order valence-corrected chi connectivity index (χ0v) is 10.7. The van der Waals surface area contributed by atoms with Gasteiger partial charge in [0.2, 0.25) is 0 Å². The number of nitrogens with zero attached hydrogens (tertiary/aromatic N) is 2. The van der Waals surface area contributed by atoms with Crippen LogP contribution in [0.4, 0.5) is 5.69 Å². The number of nitro groups is 1. The molecular weight excluding hydrogens is 242 g/mol. The maximum Gasteiger partial charge on any atom is 0.273 e. The van der Waals surface area contributed by atoms with Gasteiger partial charge in [0.25, 0.3) is 5.69 Å². The van der Waals surface area contributed by atoms with E-state index in [0.29, 0.717) is 17.1 Å². The highest BCUT2D eigenvalue weighted by Crippen LogP contribution is 2.22. The lowest BCUT2D eigenvalue weighted by Gasteiger charge is -2.10. The van der Waals surface area contributed by atoms with Crippen molar-refractivity contribution in [3.05, 3.63) is 38.9 Å². The van der Waals surface area contributed by atoms with Gasteiger partial charge < -0.3 is 10.2 Å². The Kier molecular flexibility index (Phi) is 5.34. The maximum atomic E-state index is 10.8. The molecule has 94 valence electrons. The van der Waals surface area contributed by atoms with Gasteiger partial charge in [-0.3, -0.25) is 10.1 Å². The molecule has 1 aromatic rings. The molecule has 0 saturated carbocycles. The molecule has 0 fully saturated rings. The molecule has 0 atom stereocenters. The van der Waals surface area contributed by atoms with Crippen LogP contribution in [-0.2, 0) is 6.54 Å². The lowest BCUT2D eigenvalue weighted by atomic mass is 10.2. The van der Waals surface area contributed by atoms with Crippen molar-refractivity contribution in [3.63, 3.8) is 0 Å². The summed E-state index contributed by atoms with van der Waals surface area (Å²) in [6.07, 6.45) is 0. The first-order chi connectivity index (χ1) is 8.00. The molecule has 0 aromatic heterocycles.